The lowest BCUT2D eigenvalue weighted by atomic mass is 10.1. The smallest absolute Gasteiger partial charge is 0.204 e. The van der Waals surface area contributed by atoms with Gasteiger partial charge in [-0.2, -0.15) is 0 Å². The Morgan fingerprint density at radius 1 is 1.10 bits per heavy atom. The largest absolute Gasteiger partial charge is 0.504 e. The van der Waals surface area contributed by atoms with Gasteiger partial charge in [0.05, 0.1) is 13.7 Å². The minimum absolute atomic E-state index is 0.0907. The molecule has 158 valence electrons. The Bertz CT molecular complexity index is 1050. The lowest BCUT2D eigenvalue weighted by Crippen LogP contribution is -2.20. The van der Waals surface area contributed by atoms with Crippen molar-refractivity contribution in [3.05, 3.63) is 52.7 Å². The molecule has 6 heteroatoms. The van der Waals surface area contributed by atoms with E-state index in [4.69, 9.17) is 13.9 Å². The van der Waals surface area contributed by atoms with Crippen LogP contribution in [0.5, 0.6) is 17.2 Å². The van der Waals surface area contributed by atoms with Crippen molar-refractivity contribution in [2.75, 3.05) is 33.4 Å². The van der Waals surface area contributed by atoms with Gasteiger partial charge in [0.25, 0.3) is 0 Å². The molecule has 0 amide bonds. The Kier molecular flexibility index (Phi) is 6.23. The van der Waals surface area contributed by atoms with E-state index in [-0.39, 0.29) is 27.9 Å². The molecule has 0 spiro atoms. The number of fused-ring (bicyclic) bond motifs is 1. The van der Waals surface area contributed by atoms with E-state index in [0.29, 0.717) is 18.1 Å². The molecule has 0 bridgehead atoms. The zero-order valence-corrected chi connectivity index (χ0v) is 17.2. The number of benzene rings is 2. The molecule has 0 aliphatic carbocycles. The first-order valence-electron chi connectivity index (χ1n) is 10.5. The predicted molar refractivity (Wildman–Crippen MR) is 117 cm³/mol. The summed E-state index contributed by atoms with van der Waals surface area (Å²) >= 11 is 0. The Morgan fingerprint density at radius 3 is 2.60 bits per heavy atom. The molecule has 1 aromatic heterocycles. The summed E-state index contributed by atoms with van der Waals surface area (Å²) in [6.07, 6.45) is 4.53. The first-order chi connectivity index (χ1) is 14.7. The molecule has 30 heavy (non-hydrogen) atoms. The molecule has 1 fully saturated rings. The van der Waals surface area contributed by atoms with Crippen molar-refractivity contribution < 1.29 is 19.0 Å². The summed E-state index contributed by atoms with van der Waals surface area (Å²) in [4.78, 5) is 15.2. The van der Waals surface area contributed by atoms with E-state index in [9.17, 15) is 9.90 Å². The molecule has 0 radical (unpaired) electrons. The molecule has 6 nitrogen and oxygen atoms in total. The third kappa shape index (κ3) is 4.28. The number of likely N-dealkylation sites (tertiary alicyclic amines) is 1. The molecule has 0 unspecified atom stereocenters. The second kappa shape index (κ2) is 9.22. The fourth-order valence-corrected chi connectivity index (χ4v) is 3.94. The summed E-state index contributed by atoms with van der Waals surface area (Å²) in [7, 11) is 1.45. The molecular formula is C24H27NO5. The molecule has 1 N–H and O–H groups in total. The van der Waals surface area contributed by atoms with E-state index in [1.54, 1.807) is 6.07 Å². The minimum Gasteiger partial charge on any atom is -0.504 e. The van der Waals surface area contributed by atoms with Crippen molar-refractivity contribution in [2.24, 2.45) is 0 Å². The molecule has 2 aromatic carbocycles. The van der Waals surface area contributed by atoms with Crippen molar-refractivity contribution >= 4 is 11.0 Å². The third-order valence-electron chi connectivity index (χ3n) is 5.50. The van der Waals surface area contributed by atoms with Crippen LogP contribution in [-0.4, -0.2) is 43.4 Å². The van der Waals surface area contributed by atoms with E-state index in [2.05, 4.69) is 4.90 Å². The highest BCUT2D eigenvalue weighted by molar-refractivity contribution is 5.89. The van der Waals surface area contributed by atoms with Gasteiger partial charge < -0.3 is 23.9 Å². The van der Waals surface area contributed by atoms with Crippen LogP contribution >= 0.6 is 0 Å². The molecule has 1 aliphatic heterocycles. The van der Waals surface area contributed by atoms with Crippen LogP contribution in [0.1, 0.15) is 25.7 Å². The quantitative estimate of drug-likeness (QED) is 0.555. The van der Waals surface area contributed by atoms with Crippen LogP contribution < -0.4 is 14.9 Å². The first kappa shape index (κ1) is 20.3. The number of hydrogen-bond donors (Lipinski definition) is 1. The maximum absolute atomic E-state index is 12.7. The van der Waals surface area contributed by atoms with Crippen molar-refractivity contribution in [1.82, 2.24) is 4.90 Å². The number of rotatable bonds is 8. The van der Waals surface area contributed by atoms with Gasteiger partial charge in [-0.3, -0.25) is 4.79 Å². The SMILES string of the molecule is COc1c(OCCCCN2CCCC2)cc2oc(-c3ccccc3)cc(=O)c2c1O. The highest BCUT2D eigenvalue weighted by atomic mass is 16.5. The van der Waals surface area contributed by atoms with Crippen molar-refractivity contribution in [3.8, 4) is 28.6 Å². The molecule has 0 saturated carbocycles. The van der Waals surface area contributed by atoms with Gasteiger partial charge in [0, 0.05) is 17.7 Å². The number of nitrogens with zero attached hydrogens (tertiary/aromatic N) is 1. The molecule has 1 saturated heterocycles. The van der Waals surface area contributed by atoms with Crippen LogP contribution in [0.4, 0.5) is 0 Å². The fourth-order valence-electron chi connectivity index (χ4n) is 3.94. The average molecular weight is 409 g/mol. The normalized spacial score (nSPS) is 14.3. The van der Waals surface area contributed by atoms with Gasteiger partial charge >= 0.3 is 0 Å². The summed E-state index contributed by atoms with van der Waals surface area (Å²) in [5.41, 5.74) is 0.728. The highest BCUT2D eigenvalue weighted by Gasteiger charge is 2.20. The van der Waals surface area contributed by atoms with Gasteiger partial charge in [0.2, 0.25) is 5.75 Å². The van der Waals surface area contributed by atoms with Gasteiger partial charge in [-0.15, -0.1) is 0 Å². The number of unbranched alkanes of at least 4 members (excludes halogenated alkanes) is 1. The Morgan fingerprint density at radius 2 is 1.87 bits per heavy atom. The van der Waals surface area contributed by atoms with Crippen LogP contribution in [0, 0.1) is 0 Å². The van der Waals surface area contributed by atoms with Gasteiger partial charge in [-0.05, 0) is 45.3 Å². The number of ether oxygens (including phenoxy) is 2. The fraction of sp³-hybridized carbons (Fsp3) is 0.375. The molecule has 0 atom stereocenters. The van der Waals surface area contributed by atoms with E-state index in [1.807, 2.05) is 30.3 Å². The summed E-state index contributed by atoms with van der Waals surface area (Å²) in [6, 6.07) is 12.4. The van der Waals surface area contributed by atoms with Crippen molar-refractivity contribution in [1.29, 1.82) is 0 Å². The number of phenols is 1. The molecule has 3 aromatic rings. The van der Waals surface area contributed by atoms with Gasteiger partial charge in [0.1, 0.15) is 16.7 Å². The Hall–Kier alpha value is -2.99. The third-order valence-corrected chi connectivity index (χ3v) is 5.50. The maximum Gasteiger partial charge on any atom is 0.204 e. The second-order valence-corrected chi connectivity index (χ2v) is 7.57. The Balaban J connectivity index is 1.56. The van der Waals surface area contributed by atoms with Crippen LogP contribution in [-0.2, 0) is 0 Å². The summed E-state index contributed by atoms with van der Waals surface area (Å²) in [5, 5.41) is 10.7. The summed E-state index contributed by atoms with van der Waals surface area (Å²) in [6.45, 7) is 3.96. The van der Waals surface area contributed by atoms with Gasteiger partial charge in [-0.25, -0.2) is 0 Å². The topological polar surface area (TPSA) is 72.1 Å². The van der Waals surface area contributed by atoms with Crippen LogP contribution in [0.2, 0.25) is 0 Å². The van der Waals surface area contributed by atoms with E-state index >= 15 is 0 Å². The van der Waals surface area contributed by atoms with Crippen molar-refractivity contribution in [3.63, 3.8) is 0 Å². The molecular weight excluding hydrogens is 382 g/mol. The number of methoxy groups -OCH3 is 1. The monoisotopic (exact) mass is 409 g/mol. The van der Waals surface area contributed by atoms with Crippen LogP contribution in [0.25, 0.3) is 22.3 Å². The zero-order chi connectivity index (χ0) is 20.9. The minimum atomic E-state index is -0.330. The van der Waals surface area contributed by atoms with Gasteiger partial charge in [0.15, 0.2) is 16.9 Å². The van der Waals surface area contributed by atoms with Gasteiger partial charge in [-0.1, -0.05) is 30.3 Å². The molecule has 4 rings (SSSR count). The van der Waals surface area contributed by atoms with E-state index < -0.39 is 0 Å². The van der Waals surface area contributed by atoms with Crippen molar-refractivity contribution in [2.45, 2.75) is 25.7 Å². The molecule has 1 aliphatic rings. The lowest BCUT2D eigenvalue weighted by Gasteiger charge is -2.16. The summed E-state index contributed by atoms with van der Waals surface area (Å²) < 4.78 is 17.2. The number of aromatic hydroxyl groups is 1. The zero-order valence-electron chi connectivity index (χ0n) is 17.2. The second-order valence-electron chi connectivity index (χ2n) is 7.57. The van der Waals surface area contributed by atoms with Crippen LogP contribution in [0.15, 0.2) is 51.7 Å². The van der Waals surface area contributed by atoms with E-state index in [1.165, 1.54) is 39.1 Å². The maximum atomic E-state index is 12.7. The van der Waals surface area contributed by atoms with Crippen LogP contribution in [0.3, 0.4) is 0 Å². The molecule has 2 heterocycles. The predicted octanol–water partition coefficient (Wildman–Crippen LogP) is 4.43. The summed E-state index contributed by atoms with van der Waals surface area (Å²) in [5.74, 6) is 0.712. The number of hydrogen-bond acceptors (Lipinski definition) is 6. The lowest BCUT2D eigenvalue weighted by molar-refractivity contribution is 0.265. The van der Waals surface area contributed by atoms with E-state index in [0.717, 1.165) is 24.9 Å². The standard InChI is InChI=1S/C24H27NO5/c1-28-24-21(29-14-8-7-13-25-11-5-6-12-25)16-20-22(23(24)27)18(26)15-19(30-20)17-9-3-2-4-10-17/h2-4,9-10,15-16,27H,5-8,11-14H2,1H3. The highest BCUT2D eigenvalue weighted by Crippen LogP contribution is 2.42. The number of phenolic OH excluding ortho intramolecular Hbond substituents is 1. The Labute approximate surface area is 175 Å². The average Bonchev–Trinajstić information content (AvgIpc) is 3.27. The first-order valence-corrected chi connectivity index (χ1v) is 10.5.